The van der Waals surface area contributed by atoms with Gasteiger partial charge in [-0.3, -0.25) is 4.68 Å². The van der Waals surface area contributed by atoms with Crippen LogP contribution in [0, 0.1) is 0 Å². The van der Waals surface area contributed by atoms with Crippen molar-refractivity contribution in [2.75, 3.05) is 13.1 Å². The number of hydrogen-bond donors (Lipinski definition) is 1. The highest BCUT2D eigenvalue weighted by Crippen LogP contribution is 2.30. The predicted molar refractivity (Wildman–Crippen MR) is 92.0 cm³/mol. The molecule has 2 heterocycles. The van der Waals surface area contributed by atoms with Crippen LogP contribution in [0.4, 0.5) is 0 Å². The maximum Gasteiger partial charge on any atom is 0.335 e. The first-order valence-electron chi connectivity index (χ1n) is 8.28. The Hall–Kier alpha value is -2.19. The second-order valence-corrected chi connectivity index (χ2v) is 8.00. The lowest BCUT2D eigenvalue weighted by Gasteiger charge is -2.32. The van der Waals surface area contributed by atoms with Gasteiger partial charge in [-0.25, -0.2) is 13.2 Å². The van der Waals surface area contributed by atoms with Crippen molar-refractivity contribution in [2.45, 2.75) is 37.3 Å². The molecule has 1 fully saturated rings. The molecule has 3 rings (SSSR count). The van der Waals surface area contributed by atoms with E-state index in [2.05, 4.69) is 5.10 Å². The Labute approximate surface area is 146 Å². The molecular formula is C17H21N3O4S. The van der Waals surface area contributed by atoms with Crippen LogP contribution in [0.1, 0.15) is 41.6 Å². The molecule has 0 spiro atoms. The second kappa shape index (κ2) is 6.97. The first kappa shape index (κ1) is 17.6. The number of piperidine rings is 1. The van der Waals surface area contributed by atoms with Gasteiger partial charge in [0.15, 0.2) is 5.03 Å². The zero-order chi connectivity index (χ0) is 18.0. The van der Waals surface area contributed by atoms with E-state index in [0.717, 1.165) is 18.4 Å². The zero-order valence-electron chi connectivity index (χ0n) is 14.0. The number of nitrogens with zero attached hydrogens (tertiary/aromatic N) is 3. The Morgan fingerprint density at radius 1 is 1.36 bits per heavy atom. The van der Waals surface area contributed by atoms with Gasteiger partial charge in [-0.1, -0.05) is 12.1 Å². The van der Waals surface area contributed by atoms with E-state index in [1.54, 1.807) is 18.2 Å². The standard InChI is InChI=1S/C17H21N3O4S/c1-2-20-16(8-9-18-20)25(23,24)19-10-4-7-15(12-19)13-5-3-6-14(11-13)17(21)22/h3,5-6,8-9,11,15H,2,4,7,10,12H2,1H3,(H,21,22)/t15-/m1/s1. The summed E-state index contributed by atoms with van der Waals surface area (Å²) in [5.41, 5.74) is 1.09. The molecule has 1 aromatic heterocycles. The van der Waals surface area contributed by atoms with Gasteiger partial charge in [0.1, 0.15) is 0 Å². The predicted octanol–water partition coefficient (Wildman–Crippen LogP) is 2.17. The number of benzene rings is 1. The summed E-state index contributed by atoms with van der Waals surface area (Å²) in [4.78, 5) is 11.2. The van der Waals surface area contributed by atoms with Gasteiger partial charge in [0, 0.05) is 19.6 Å². The number of carboxylic acids is 1. The topological polar surface area (TPSA) is 92.5 Å². The molecule has 1 saturated heterocycles. The van der Waals surface area contributed by atoms with E-state index in [4.69, 9.17) is 5.11 Å². The summed E-state index contributed by atoms with van der Waals surface area (Å²) in [6.07, 6.45) is 3.07. The van der Waals surface area contributed by atoms with E-state index in [-0.39, 0.29) is 16.5 Å². The lowest BCUT2D eigenvalue weighted by atomic mass is 9.91. The van der Waals surface area contributed by atoms with Crippen LogP contribution in [0.15, 0.2) is 41.6 Å². The Balaban J connectivity index is 1.86. The highest BCUT2D eigenvalue weighted by Gasteiger charge is 2.33. The van der Waals surface area contributed by atoms with Crippen molar-refractivity contribution in [3.05, 3.63) is 47.7 Å². The summed E-state index contributed by atoms with van der Waals surface area (Å²) in [5, 5.41) is 13.4. The van der Waals surface area contributed by atoms with Gasteiger partial charge >= 0.3 is 5.97 Å². The molecule has 0 bridgehead atoms. The largest absolute Gasteiger partial charge is 0.478 e. The van der Waals surface area contributed by atoms with E-state index in [9.17, 15) is 13.2 Å². The van der Waals surface area contributed by atoms with Crippen molar-refractivity contribution < 1.29 is 18.3 Å². The molecule has 0 saturated carbocycles. The van der Waals surface area contributed by atoms with Crippen molar-refractivity contribution in [1.82, 2.24) is 14.1 Å². The fourth-order valence-corrected chi connectivity index (χ4v) is 4.95. The molecule has 0 radical (unpaired) electrons. The van der Waals surface area contributed by atoms with E-state index < -0.39 is 16.0 Å². The number of aromatic nitrogens is 2. The second-order valence-electron chi connectivity index (χ2n) is 6.12. The molecule has 0 unspecified atom stereocenters. The normalized spacial score (nSPS) is 19.0. The van der Waals surface area contributed by atoms with Crippen LogP contribution in [-0.2, 0) is 16.6 Å². The Bertz CT molecular complexity index is 876. The fraction of sp³-hybridized carbons (Fsp3) is 0.412. The highest BCUT2D eigenvalue weighted by atomic mass is 32.2. The van der Waals surface area contributed by atoms with E-state index >= 15 is 0 Å². The molecule has 2 aromatic rings. The van der Waals surface area contributed by atoms with Crippen LogP contribution >= 0.6 is 0 Å². The molecule has 1 N–H and O–H groups in total. The van der Waals surface area contributed by atoms with Crippen molar-refractivity contribution in [3.63, 3.8) is 0 Å². The molecule has 25 heavy (non-hydrogen) atoms. The Kier molecular flexibility index (Phi) is 4.91. The van der Waals surface area contributed by atoms with Crippen LogP contribution in [-0.4, -0.2) is 46.7 Å². The maximum atomic E-state index is 13.0. The van der Waals surface area contributed by atoms with Crippen LogP contribution in [0.3, 0.4) is 0 Å². The molecule has 8 heteroatoms. The van der Waals surface area contributed by atoms with Gasteiger partial charge in [-0.15, -0.1) is 0 Å². The Morgan fingerprint density at radius 3 is 2.88 bits per heavy atom. The number of carboxylic acid groups (broad SMARTS) is 1. The lowest BCUT2D eigenvalue weighted by Crippen LogP contribution is -2.39. The SMILES string of the molecule is CCn1nccc1S(=O)(=O)N1CCC[C@@H](c2cccc(C(=O)O)c2)C1. The zero-order valence-corrected chi connectivity index (χ0v) is 14.8. The first-order valence-corrected chi connectivity index (χ1v) is 9.72. The summed E-state index contributed by atoms with van der Waals surface area (Å²) < 4.78 is 28.9. The molecule has 0 aliphatic carbocycles. The van der Waals surface area contributed by atoms with Gasteiger partial charge in [0.2, 0.25) is 0 Å². The van der Waals surface area contributed by atoms with Crippen molar-refractivity contribution in [3.8, 4) is 0 Å². The first-order chi connectivity index (χ1) is 11.9. The molecular weight excluding hydrogens is 342 g/mol. The van der Waals surface area contributed by atoms with E-state index in [1.807, 2.05) is 13.0 Å². The van der Waals surface area contributed by atoms with Crippen LogP contribution in [0.5, 0.6) is 0 Å². The van der Waals surface area contributed by atoms with Gasteiger partial charge < -0.3 is 5.11 Å². The summed E-state index contributed by atoms with van der Waals surface area (Å²) in [5.74, 6) is -0.991. The smallest absolute Gasteiger partial charge is 0.335 e. The average molecular weight is 363 g/mol. The molecule has 0 amide bonds. The Morgan fingerprint density at radius 2 is 2.16 bits per heavy atom. The number of aryl methyl sites for hydroxylation is 1. The van der Waals surface area contributed by atoms with Crippen LogP contribution < -0.4 is 0 Å². The number of hydrogen-bond acceptors (Lipinski definition) is 4. The molecule has 1 aliphatic rings. The minimum atomic E-state index is -3.61. The minimum Gasteiger partial charge on any atom is -0.478 e. The summed E-state index contributed by atoms with van der Waals surface area (Å²) >= 11 is 0. The number of rotatable bonds is 5. The third-order valence-electron chi connectivity index (χ3n) is 4.57. The fourth-order valence-electron chi connectivity index (χ4n) is 3.27. The molecule has 134 valence electrons. The third-order valence-corrected chi connectivity index (χ3v) is 6.46. The quantitative estimate of drug-likeness (QED) is 0.879. The van der Waals surface area contributed by atoms with Crippen molar-refractivity contribution >= 4 is 16.0 Å². The van der Waals surface area contributed by atoms with Gasteiger partial charge in [0.05, 0.1) is 11.8 Å². The molecule has 1 aliphatic heterocycles. The van der Waals surface area contributed by atoms with Gasteiger partial charge in [-0.05, 0) is 49.4 Å². The summed E-state index contributed by atoms with van der Waals surface area (Å²) in [6.45, 7) is 3.15. The highest BCUT2D eigenvalue weighted by molar-refractivity contribution is 7.89. The minimum absolute atomic E-state index is 0.0131. The van der Waals surface area contributed by atoms with E-state index in [1.165, 1.54) is 21.3 Å². The lowest BCUT2D eigenvalue weighted by molar-refractivity contribution is 0.0696. The van der Waals surface area contributed by atoms with Gasteiger partial charge in [0.25, 0.3) is 10.0 Å². The number of sulfonamides is 1. The molecule has 7 nitrogen and oxygen atoms in total. The average Bonchev–Trinajstić information content (AvgIpc) is 3.11. The van der Waals surface area contributed by atoms with E-state index in [0.29, 0.717) is 19.6 Å². The maximum absolute atomic E-state index is 13.0. The summed E-state index contributed by atoms with van der Waals surface area (Å²) in [7, 11) is -3.61. The monoisotopic (exact) mass is 363 g/mol. The van der Waals surface area contributed by atoms with Crippen molar-refractivity contribution in [2.24, 2.45) is 0 Å². The third kappa shape index (κ3) is 3.45. The molecule has 1 aromatic carbocycles. The molecule has 1 atom stereocenters. The van der Waals surface area contributed by atoms with Gasteiger partial charge in [-0.2, -0.15) is 9.40 Å². The van der Waals surface area contributed by atoms with Crippen LogP contribution in [0.2, 0.25) is 0 Å². The number of aromatic carboxylic acids is 1. The summed E-state index contributed by atoms with van der Waals surface area (Å²) in [6, 6.07) is 8.28. The van der Waals surface area contributed by atoms with Crippen molar-refractivity contribution in [1.29, 1.82) is 0 Å². The van der Waals surface area contributed by atoms with Crippen LogP contribution in [0.25, 0.3) is 0 Å². The number of carbonyl (C=O) groups is 1.